The van der Waals surface area contributed by atoms with Crippen LogP contribution in [0, 0.1) is 0 Å². The molecule has 0 aliphatic carbocycles. The molecule has 1 N–H and O–H groups in total. The van der Waals surface area contributed by atoms with Gasteiger partial charge < -0.3 is 4.57 Å². The Morgan fingerprint density at radius 1 is 1.13 bits per heavy atom. The molecule has 0 unspecified atom stereocenters. The van der Waals surface area contributed by atoms with E-state index >= 15 is 0 Å². The summed E-state index contributed by atoms with van der Waals surface area (Å²) in [7, 11) is 0. The van der Waals surface area contributed by atoms with E-state index in [1.165, 1.54) is 0 Å². The van der Waals surface area contributed by atoms with Crippen LogP contribution in [0.4, 0.5) is 0 Å². The fourth-order valence-corrected chi connectivity index (χ4v) is 2.31. The van der Waals surface area contributed by atoms with E-state index in [1.807, 2.05) is 47.2 Å². The van der Waals surface area contributed by atoms with Crippen LogP contribution in [-0.4, -0.2) is 21.7 Å². The van der Waals surface area contributed by atoms with Gasteiger partial charge in [-0.15, -0.1) is 0 Å². The third-order valence-corrected chi connectivity index (χ3v) is 3.67. The lowest BCUT2D eigenvalue weighted by Gasteiger charge is -2.06. The number of nitrogens with one attached hydrogen (secondary N) is 1. The minimum atomic E-state index is -0.344. The SMILES string of the molecule is O=C(N/N=C\c1cccn1-c1ccc(Br)cc1)c1ccccn1. The molecule has 2 aromatic heterocycles. The van der Waals surface area contributed by atoms with Gasteiger partial charge in [-0.3, -0.25) is 9.78 Å². The normalized spacial score (nSPS) is 10.8. The van der Waals surface area contributed by atoms with E-state index in [9.17, 15) is 4.79 Å². The summed E-state index contributed by atoms with van der Waals surface area (Å²) in [6.07, 6.45) is 5.10. The number of amides is 1. The van der Waals surface area contributed by atoms with Gasteiger partial charge in [-0.05, 0) is 48.5 Å². The molecule has 2 heterocycles. The summed E-state index contributed by atoms with van der Waals surface area (Å²) in [5.41, 5.74) is 4.66. The van der Waals surface area contributed by atoms with Crippen molar-refractivity contribution >= 4 is 28.1 Å². The van der Waals surface area contributed by atoms with Gasteiger partial charge in [-0.2, -0.15) is 5.10 Å². The molecule has 0 saturated carbocycles. The molecule has 0 radical (unpaired) electrons. The molecule has 1 aromatic carbocycles. The van der Waals surface area contributed by atoms with Crippen LogP contribution in [0.25, 0.3) is 5.69 Å². The molecule has 3 rings (SSSR count). The van der Waals surface area contributed by atoms with Gasteiger partial charge in [0, 0.05) is 22.6 Å². The van der Waals surface area contributed by atoms with Crippen LogP contribution in [0.15, 0.2) is 76.6 Å². The number of aromatic nitrogens is 2. The smallest absolute Gasteiger partial charge is 0.289 e. The number of carbonyl (C=O) groups is 1. The number of rotatable bonds is 4. The summed E-state index contributed by atoms with van der Waals surface area (Å²) >= 11 is 3.42. The zero-order valence-corrected chi connectivity index (χ0v) is 13.6. The molecule has 0 spiro atoms. The van der Waals surface area contributed by atoms with Gasteiger partial charge in [0.1, 0.15) is 5.69 Å². The topological polar surface area (TPSA) is 59.3 Å². The number of hydrogen-bond acceptors (Lipinski definition) is 3. The highest BCUT2D eigenvalue weighted by molar-refractivity contribution is 9.10. The van der Waals surface area contributed by atoms with E-state index in [4.69, 9.17) is 0 Å². The van der Waals surface area contributed by atoms with Crippen LogP contribution in [0.1, 0.15) is 16.2 Å². The highest BCUT2D eigenvalue weighted by Gasteiger charge is 2.04. The maximum absolute atomic E-state index is 11.9. The average molecular weight is 369 g/mol. The highest BCUT2D eigenvalue weighted by Crippen LogP contribution is 2.15. The first-order valence-electron chi connectivity index (χ1n) is 6.92. The van der Waals surface area contributed by atoms with Crippen molar-refractivity contribution in [1.29, 1.82) is 0 Å². The fraction of sp³-hybridized carbons (Fsp3) is 0. The fourth-order valence-electron chi connectivity index (χ4n) is 2.05. The van der Waals surface area contributed by atoms with Gasteiger partial charge >= 0.3 is 0 Å². The van der Waals surface area contributed by atoms with Gasteiger partial charge in [0.05, 0.1) is 11.9 Å². The molecule has 0 fully saturated rings. The molecular formula is C17H13BrN4O. The van der Waals surface area contributed by atoms with Crippen molar-refractivity contribution in [2.45, 2.75) is 0 Å². The van der Waals surface area contributed by atoms with Crippen LogP contribution in [0.3, 0.4) is 0 Å². The molecule has 0 saturated heterocycles. The Kier molecular flexibility index (Phi) is 4.63. The predicted molar refractivity (Wildman–Crippen MR) is 92.8 cm³/mol. The Morgan fingerprint density at radius 2 is 1.96 bits per heavy atom. The van der Waals surface area contributed by atoms with E-state index in [0.717, 1.165) is 15.9 Å². The number of carbonyl (C=O) groups excluding carboxylic acids is 1. The molecule has 3 aromatic rings. The van der Waals surface area contributed by atoms with E-state index < -0.39 is 0 Å². The predicted octanol–water partition coefficient (Wildman–Crippen LogP) is 3.40. The maximum atomic E-state index is 11.9. The molecule has 5 nitrogen and oxygen atoms in total. The molecule has 23 heavy (non-hydrogen) atoms. The second kappa shape index (κ2) is 7.02. The van der Waals surface area contributed by atoms with E-state index in [0.29, 0.717) is 5.69 Å². The van der Waals surface area contributed by atoms with Crippen molar-refractivity contribution in [1.82, 2.24) is 15.0 Å². The van der Waals surface area contributed by atoms with Gasteiger partial charge in [0.25, 0.3) is 5.91 Å². The standard InChI is InChI=1S/C17H13BrN4O/c18-13-6-8-14(9-7-13)22-11-3-4-15(22)12-20-21-17(23)16-5-1-2-10-19-16/h1-12H,(H,21,23)/b20-12-. The van der Waals surface area contributed by atoms with Crippen molar-refractivity contribution in [3.8, 4) is 5.69 Å². The zero-order valence-electron chi connectivity index (χ0n) is 12.1. The molecule has 1 amide bonds. The third-order valence-electron chi connectivity index (χ3n) is 3.15. The number of nitrogens with zero attached hydrogens (tertiary/aromatic N) is 3. The maximum Gasteiger partial charge on any atom is 0.289 e. The van der Waals surface area contributed by atoms with Crippen LogP contribution in [0.2, 0.25) is 0 Å². The lowest BCUT2D eigenvalue weighted by Crippen LogP contribution is -2.18. The largest absolute Gasteiger partial charge is 0.316 e. The van der Waals surface area contributed by atoms with Crippen LogP contribution < -0.4 is 5.43 Å². The van der Waals surface area contributed by atoms with Crippen LogP contribution in [-0.2, 0) is 0 Å². The van der Waals surface area contributed by atoms with Crippen molar-refractivity contribution in [2.75, 3.05) is 0 Å². The molecule has 114 valence electrons. The second-order valence-electron chi connectivity index (χ2n) is 4.69. The second-order valence-corrected chi connectivity index (χ2v) is 5.61. The number of hydrazone groups is 1. The first kappa shape index (κ1) is 15.2. The Bertz CT molecular complexity index is 825. The summed E-state index contributed by atoms with van der Waals surface area (Å²) in [6.45, 7) is 0. The summed E-state index contributed by atoms with van der Waals surface area (Å²) in [4.78, 5) is 15.8. The van der Waals surface area contributed by atoms with Crippen LogP contribution >= 0.6 is 15.9 Å². The minimum absolute atomic E-state index is 0.327. The van der Waals surface area contributed by atoms with Crippen molar-refractivity contribution in [2.24, 2.45) is 5.10 Å². The number of halogens is 1. The summed E-state index contributed by atoms with van der Waals surface area (Å²) in [6, 6.07) is 16.9. The van der Waals surface area contributed by atoms with E-state index in [2.05, 4.69) is 31.4 Å². The number of hydrogen-bond donors (Lipinski definition) is 1. The zero-order chi connectivity index (χ0) is 16.1. The van der Waals surface area contributed by atoms with Gasteiger partial charge in [-0.25, -0.2) is 5.43 Å². The first-order chi connectivity index (χ1) is 11.2. The Balaban J connectivity index is 1.73. The average Bonchev–Trinajstić information content (AvgIpc) is 3.05. The summed E-state index contributed by atoms with van der Waals surface area (Å²) in [5, 5.41) is 4.00. The van der Waals surface area contributed by atoms with Crippen molar-refractivity contribution in [3.05, 3.63) is 82.9 Å². The first-order valence-corrected chi connectivity index (χ1v) is 7.71. The van der Waals surface area contributed by atoms with Gasteiger partial charge in [-0.1, -0.05) is 22.0 Å². The van der Waals surface area contributed by atoms with Crippen molar-refractivity contribution < 1.29 is 4.79 Å². The van der Waals surface area contributed by atoms with Crippen molar-refractivity contribution in [3.63, 3.8) is 0 Å². The highest BCUT2D eigenvalue weighted by atomic mass is 79.9. The van der Waals surface area contributed by atoms with Crippen LogP contribution in [0.5, 0.6) is 0 Å². The van der Waals surface area contributed by atoms with Gasteiger partial charge in [0.2, 0.25) is 0 Å². The van der Waals surface area contributed by atoms with E-state index in [-0.39, 0.29) is 5.91 Å². The van der Waals surface area contributed by atoms with Gasteiger partial charge in [0.15, 0.2) is 0 Å². The van der Waals surface area contributed by atoms with E-state index in [1.54, 1.807) is 30.6 Å². The minimum Gasteiger partial charge on any atom is -0.316 e. The summed E-state index contributed by atoms with van der Waals surface area (Å²) < 4.78 is 2.99. The lowest BCUT2D eigenvalue weighted by atomic mass is 10.3. The third kappa shape index (κ3) is 3.73. The Hall–Kier alpha value is -2.73. The lowest BCUT2D eigenvalue weighted by molar-refractivity contribution is 0.0950. The molecule has 0 bridgehead atoms. The molecule has 0 atom stereocenters. The number of pyridine rings is 1. The Morgan fingerprint density at radius 3 is 2.70 bits per heavy atom. The Labute approximate surface area is 141 Å². The molecule has 6 heteroatoms. The molecular weight excluding hydrogens is 356 g/mol. The quantitative estimate of drug-likeness (QED) is 0.566. The molecule has 0 aliphatic heterocycles. The summed E-state index contributed by atoms with van der Waals surface area (Å²) in [5.74, 6) is -0.344. The monoisotopic (exact) mass is 368 g/mol. The number of benzene rings is 1. The molecule has 0 aliphatic rings.